The first kappa shape index (κ1) is 5.45. The quantitative estimate of drug-likeness (QED) is 0.503. The molecule has 1 nitrogen and oxygen atoms in total. The molecule has 1 heteroatoms. The van der Waals surface area contributed by atoms with Crippen molar-refractivity contribution < 1.29 is 0 Å². The highest BCUT2D eigenvalue weighted by Crippen LogP contribution is 2.45. The second-order valence-corrected chi connectivity index (χ2v) is 3.52. The van der Waals surface area contributed by atoms with Crippen LogP contribution in [-0.2, 0) is 0 Å². The van der Waals surface area contributed by atoms with Crippen LogP contribution >= 0.6 is 0 Å². The molecule has 0 N–H and O–H groups in total. The zero-order valence-corrected chi connectivity index (χ0v) is 6.04. The molecule has 0 amide bonds. The Morgan fingerprint density at radius 1 is 1.44 bits per heavy atom. The van der Waals surface area contributed by atoms with E-state index in [1.165, 1.54) is 6.42 Å². The van der Waals surface area contributed by atoms with Crippen LogP contribution in [0.25, 0.3) is 0 Å². The molecule has 4 atom stereocenters. The van der Waals surface area contributed by atoms with Gasteiger partial charge in [0.2, 0.25) is 0 Å². The molecule has 2 aliphatic rings. The number of hydrogen-bond acceptors (Lipinski definition) is 1. The summed E-state index contributed by atoms with van der Waals surface area (Å²) in [5.41, 5.74) is 0. The molecule has 4 unspecified atom stereocenters. The largest absolute Gasteiger partial charge is 0.293 e. The normalized spacial score (nSPS) is 54.9. The van der Waals surface area contributed by atoms with Crippen LogP contribution in [0.1, 0.15) is 20.3 Å². The van der Waals surface area contributed by atoms with E-state index in [9.17, 15) is 0 Å². The van der Waals surface area contributed by atoms with E-state index in [0.29, 0.717) is 6.04 Å². The lowest BCUT2D eigenvalue weighted by Crippen LogP contribution is -2.28. The molecule has 2 rings (SSSR count). The van der Waals surface area contributed by atoms with Crippen LogP contribution < -0.4 is 0 Å². The van der Waals surface area contributed by atoms with Crippen molar-refractivity contribution in [2.24, 2.45) is 22.7 Å². The highest BCUT2D eigenvalue weighted by atomic mass is 14.9. The van der Waals surface area contributed by atoms with Gasteiger partial charge in [-0.1, -0.05) is 13.8 Å². The van der Waals surface area contributed by atoms with Gasteiger partial charge in [0.15, 0.2) is 0 Å². The van der Waals surface area contributed by atoms with Crippen LogP contribution in [0.15, 0.2) is 4.99 Å². The minimum Gasteiger partial charge on any atom is -0.293 e. The van der Waals surface area contributed by atoms with E-state index in [4.69, 9.17) is 0 Å². The van der Waals surface area contributed by atoms with Gasteiger partial charge in [0.05, 0.1) is 6.04 Å². The van der Waals surface area contributed by atoms with Crippen molar-refractivity contribution in [3.8, 4) is 0 Å². The maximum Gasteiger partial charge on any atom is 0.0601 e. The molecule has 1 saturated carbocycles. The molecule has 1 aliphatic heterocycles. The molecule has 1 aliphatic carbocycles. The average Bonchev–Trinajstić information content (AvgIpc) is 2.44. The Balaban J connectivity index is 1.95. The smallest absolute Gasteiger partial charge is 0.0601 e. The third-order valence-electron chi connectivity index (χ3n) is 2.64. The van der Waals surface area contributed by atoms with Gasteiger partial charge in [-0.3, -0.25) is 4.99 Å². The topological polar surface area (TPSA) is 12.4 Å². The van der Waals surface area contributed by atoms with E-state index in [1.54, 1.807) is 0 Å². The number of nitrogens with zero attached hydrogens (tertiary/aromatic N) is 1. The van der Waals surface area contributed by atoms with E-state index < -0.39 is 0 Å². The number of aliphatic imine (C=N–C) groups is 1. The summed E-state index contributed by atoms with van der Waals surface area (Å²) in [6, 6.07) is 0.708. The highest BCUT2D eigenvalue weighted by Gasteiger charge is 2.43. The Bertz CT molecular complexity index is 151. The second kappa shape index (κ2) is 1.59. The lowest BCUT2D eigenvalue weighted by Gasteiger charge is -2.24. The van der Waals surface area contributed by atoms with Crippen molar-refractivity contribution >= 4 is 6.21 Å². The van der Waals surface area contributed by atoms with Gasteiger partial charge in [0.25, 0.3) is 0 Å². The molecule has 0 saturated heterocycles. The van der Waals surface area contributed by atoms with Crippen molar-refractivity contribution in [2.45, 2.75) is 26.3 Å². The Hall–Kier alpha value is -0.330. The molecule has 9 heavy (non-hydrogen) atoms. The summed E-state index contributed by atoms with van der Waals surface area (Å²) in [7, 11) is 0. The summed E-state index contributed by atoms with van der Waals surface area (Å²) < 4.78 is 0. The molecule has 0 bridgehead atoms. The number of hydrogen-bond donors (Lipinski definition) is 0. The molecule has 0 aromatic rings. The molecular weight excluding hydrogens is 110 g/mol. The van der Waals surface area contributed by atoms with Crippen LogP contribution in [0.2, 0.25) is 0 Å². The highest BCUT2D eigenvalue weighted by molar-refractivity contribution is 5.67. The van der Waals surface area contributed by atoms with Crippen LogP contribution in [0, 0.1) is 17.8 Å². The van der Waals surface area contributed by atoms with Crippen molar-refractivity contribution in [2.75, 3.05) is 0 Å². The molecule has 0 aromatic heterocycles. The van der Waals surface area contributed by atoms with Gasteiger partial charge in [-0.2, -0.15) is 0 Å². The summed E-state index contributed by atoms with van der Waals surface area (Å²) in [5.74, 6) is 2.69. The fourth-order valence-corrected chi connectivity index (χ4v) is 1.68. The molecular formula is C8H13N. The van der Waals surface area contributed by atoms with Gasteiger partial charge in [-0.05, 0) is 18.3 Å². The first-order chi connectivity index (χ1) is 4.29. The molecule has 1 heterocycles. The van der Waals surface area contributed by atoms with Gasteiger partial charge in [0.1, 0.15) is 0 Å². The van der Waals surface area contributed by atoms with Crippen molar-refractivity contribution in [1.82, 2.24) is 0 Å². The maximum atomic E-state index is 4.34. The Morgan fingerprint density at radius 3 is 2.22 bits per heavy atom. The van der Waals surface area contributed by atoms with Crippen LogP contribution in [0.4, 0.5) is 0 Å². The van der Waals surface area contributed by atoms with Gasteiger partial charge in [-0.25, -0.2) is 0 Å². The fourth-order valence-electron chi connectivity index (χ4n) is 1.68. The van der Waals surface area contributed by atoms with E-state index >= 15 is 0 Å². The standard InChI is InChI=1S/C8H13N/c1-5-3-7(5)8-6(2)4-9-8/h4-8H,3H2,1-2H3. The van der Waals surface area contributed by atoms with Gasteiger partial charge in [-0.15, -0.1) is 0 Å². The van der Waals surface area contributed by atoms with Crippen LogP contribution in [0.3, 0.4) is 0 Å². The van der Waals surface area contributed by atoms with Crippen molar-refractivity contribution in [3.63, 3.8) is 0 Å². The van der Waals surface area contributed by atoms with Crippen LogP contribution in [0.5, 0.6) is 0 Å². The van der Waals surface area contributed by atoms with Crippen molar-refractivity contribution in [1.29, 1.82) is 0 Å². The molecule has 0 aromatic carbocycles. The summed E-state index contributed by atoms with van der Waals surface area (Å²) in [6.07, 6.45) is 3.50. The minimum atomic E-state index is 0.708. The zero-order chi connectivity index (χ0) is 6.43. The van der Waals surface area contributed by atoms with E-state index in [2.05, 4.69) is 25.1 Å². The monoisotopic (exact) mass is 123 g/mol. The maximum absolute atomic E-state index is 4.34. The predicted molar refractivity (Wildman–Crippen MR) is 38.7 cm³/mol. The lowest BCUT2D eigenvalue weighted by atomic mass is 9.93. The van der Waals surface area contributed by atoms with Gasteiger partial charge >= 0.3 is 0 Å². The molecule has 1 fully saturated rings. The Kier molecular flexibility index (Phi) is 0.961. The summed E-state index contributed by atoms with van der Waals surface area (Å²) in [5, 5.41) is 0. The Labute approximate surface area is 56.2 Å². The first-order valence-electron chi connectivity index (χ1n) is 3.82. The second-order valence-electron chi connectivity index (χ2n) is 3.52. The third kappa shape index (κ3) is 0.707. The third-order valence-corrected chi connectivity index (χ3v) is 2.64. The number of rotatable bonds is 1. The lowest BCUT2D eigenvalue weighted by molar-refractivity contribution is 0.454. The van der Waals surface area contributed by atoms with E-state index in [0.717, 1.165) is 17.8 Å². The summed E-state index contributed by atoms with van der Waals surface area (Å²) in [4.78, 5) is 4.34. The van der Waals surface area contributed by atoms with Gasteiger partial charge in [0, 0.05) is 12.1 Å². The molecule has 0 radical (unpaired) electrons. The molecule has 0 spiro atoms. The van der Waals surface area contributed by atoms with E-state index in [-0.39, 0.29) is 0 Å². The van der Waals surface area contributed by atoms with Gasteiger partial charge < -0.3 is 0 Å². The Morgan fingerprint density at radius 2 is 2.11 bits per heavy atom. The summed E-state index contributed by atoms with van der Waals surface area (Å²) in [6.45, 7) is 4.59. The average molecular weight is 123 g/mol. The fraction of sp³-hybridized carbons (Fsp3) is 0.875. The summed E-state index contributed by atoms with van der Waals surface area (Å²) >= 11 is 0. The van der Waals surface area contributed by atoms with Crippen LogP contribution in [-0.4, -0.2) is 12.3 Å². The van der Waals surface area contributed by atoms with E-state index in [1.807, 2.05) is 0 Å². The molecule has 50 valence electrons. The van der Waals surface area contributed by atoms with Crippen molar-refractivity contribution in [3.05, 3.63) is 0 Å². The SMILES string of the molecule is CC1C=NC1C1CC1C. The predicted octanol–water partition coefficient (Wildman–Crippen LogP) is 1.73. The minimum absolute atomic E-state index is 0.708. The zero-order valence-electron chi connectivity index (χ0n) is 6.04. The first-order valence-corrected chi connectivity index (χ1v) is 3.82.